The minimum Gasteiger partial charge on any atom is -0.496 e. The van der Waals surface area contributed by atoms with E-state index in [1.807, 2.05) is 53.2 Å². The van der Waals surface area contributed by atoms with E-state index in [0.717, 1.165) is 54.2 Å². The highest BCUT2D eigenvalue weighted by molar-refractivity contribution is 5.95. The molecule has 3 aromatic rings. The van der Waals surface area contributed by atoms with Crippen molar-refractivity contribution in [2.24, 2.45) is 5.92 Å². The number of fused-ring (bicyclic) bond motifs is 1. The molecule has 1 N–H and O–H groups in total. The summed E-state index contributed by atoms with van der Waals surface area (Å²) >= 11 is 0. The Hall–Kier alpha value is -3.08. The van der Waals surface area contributed by atoms with Crippen LogP contribution in [0.25, 0.3) is 5.69 Å². The van der Waals surface area contributed by atoms with Crippen molar-refractivity contribution >= 4 is 11.7 Å². The number of hydrogen-bond donors (Lipinski definition) is 1. The normalized spacial score (nSPS) is 19.9. The summed E-state index contributed by atoms with van der Waals surface area (Å²) in [6, 6.07) is 18.0. The van der Waals surface area contributed by atoms with Crippen LogP contribution in [0.3, 0.4) is 0 Å². The van der Waals surface area contributed by atoms with E-state index < -0.39 is 0 Å². The zero-order valence-electron chi connectivity index (χ0n) is 15.9. The molecule has 1 fully saturated rings. The Morgan fingerprint density at radius 3 is 2.71 bits per heavy atom. The van der Waals surface area contributed by atoms with Crippen LogP contribution in [0.15, 0.2) is 54.6 Å². The van der Waals surface area contributed by atoms with Gasteiger partial charge < -0.3 is 10.1 Å². The first-order valence-corrected chi connectivity index (χ1v) is 9.86. The van der Waals surface area contributed by atoms with E-state index in [9.17, 15) is 4.79 Å². The number of nitrogens with one attached hydrogen (secondary N) is 1. The Morgan fingerprint density at radius 2 is 1.89 bits per heavy atom. The summed E-state index contributed by atoms with van der Waals surface area (Å²) in [4.78, 5) is 13.0. The third-order valence-corrected chi connectivity index (χ3v) is 5.82. The molecule has 0 aliphatic heterocycles. The molecule has 28 heavy (non-hydrogen) atoms. The van der Waals surface area contributed by atoms with Crippen molar-refractivity contribution in [2.75, 3.05) is 12.4 Å². The molecule has 5 rings (SSSR count). The molecule has 2 aliphatic carbocycles. The third kappa shape index (κ3) is 2.87. The van der Waals surface area contributed by atoms with Gasteiger partial charge in [-0.3, -0.25) is 4.79 Å². The Kier molecular flexibility index (Phi) is 4.15. The second-order valence-corrected chi connectivity index (χ2v) is 7.55. The molecular weight excluding hydrogens is 350 g/mol. The molecule has 0 bridgehead atoms. The Labute approximate surface area is 164 Å². The molecule has 0 saturated heterocycles. The van der Waals surface area contributed by atoms with E-state index in [4.69, 9.17) is 9.84 Å². The lowest BCUT2D eigenvalue weighted by Crippen LogP contribution is -2.18. The van der Waals surface area contributed by atoms with Crippen LogP contribution >= 0.6 is 0 Å². The highest BCUT2D eigenvalue weighted by atomic mass is 16.5. The minimum atomic E-state index is -0.0209. The zero-order chi connectivity index (χ0) is 19.1. The highest BCUT2D eigenvalue weighted by Crippen LogP contribution is 2.51. The Balaban J connectivity index is 1.41. The maximum Gasteiger partial charge on any atom is 0.229 e. The first-order chi connectivity index (χ1) is 13.8. The van der Waals surface area contributed by atoms with E-state index >= 15 is 0 Å². The molecule has 5 nitrogen and oxygen atoms in total. The predicted molar refractivity (Wildman–Crippen MR) is 108 cm³/mol. The predicted octanol–water partition coefficient (Wildman–Crippen LogP) is 4.11. The highest BCUT2D eigenvalue weighted by Gasteiger charge is 2.45. The molecule has 2 aliphatic rings. The first-order valence-electron chi connectivity index (χ1n) is 9.86. The summed E-state index contributed by atoms with van der Waals surface area (Å²) in [5.74, 6) is 1.97. The van der Waals surface area contributed by atoms with Crippen molar-refractivity contribution in [1.29, 1.82) is 0 Å². The number of anilines is 1. The molecular formula is C23H23N3O2. The number of carbonyl (C=O) groups excluding carboxylic acids is 1. The molecule has 5 heteroatoms. The number of methoxy groups -OCH3 is 1. The number of rotatable bonds is 5. The fourth-order valence-electron chi connectivity index (χ4n) is 4.29. The van der Waals surface area contributed by atoms with Crippen molar-refractivity contribution in [1.82, 2.24) is 9.78 Å². The van der Waals surface area contributed by atoms with Crippen LogP contribution in [0.1, 0.15) is 35.6 Å². The molecule has 1 heterocycles. The molecule has 2 aromatic carbocycles. The lowest BCUT2D eigenvalue weighted by Gasteiger charge is -2.12. The van der Waals surface area contributed by atoms with Crippen molar-refractivity contribution in [3.8, 4) is 11.4 Å². The molecule has 0 unspecified atom stereocenters. The Bertz CT molecular complexity index is 1030. The number of benzene rings is 2. The van der Waals surface area contributed by atoms with Gasteiger partial charge in [0.25, 0.3) is 0 Å². The van der Waals surface area contributed by atoms with E-state index in [2.05, 4.69) is 11.4 Å². The number of ether oxygens (including phenoxy) is 1. The quantitative estimate of drug-likeness (QED) is 0.732. The van der Waals surface area contributed by atoms with Gasteiger partial charge >= 0.3 is 0 Å². The summed E-state index contributed by atoms with van der Waals surface area (Å²) in [5.41, 5.74) is 4.39. The van der Waals surface area contributed by atoms with Crippen molar-refractivity contribution < 1.29 is 9.53 Å². The largest absolute Gasteiger partial charge is 0.496 e. The van der Waals surface area contributed by atoms with E-state index in [1.165, 1.54) is 5.56 Å². The summed E-state index contributed by atoms with van der Waals surface area (Å²) in [6.45, 7) is 0. The number of para-hydroxylation sites is 2. The van der Waals surface area contributed by atoms with Gasteiger partial charge in [0.1, 0.15) is 11.6 Å². The van der Waals surface area contributed by atoms with Crippen molar-refractivity contribution in [3.05, 3.63) is 71.4 Å². The van der Waals surface area contributed by atoms with Gasteiger partial charge in [-0.1, -0.05) is 36.4 Å². The molecule has 1 amide bonds. The molecule has 2 atom stereocenters. The maximum absolute atomic E-state index is 13.0. The van der Waals surface area contributed by atoms with Gasteiger partial charge in [0, 0.05) is 11.5 Å². The topological polar surface area (TPSA) is 56.1 Å². The fraction of sp³-hybridized carbons (Fsp3) is 0.304. The third-order valence-electron chi connectivity index (χ3n) is 5.82. The number of amides is 1. The van der Waals surface area contributed by atoms with Crippen molar-refractivity contribution in [2.45, 2.75) is 31.6 Å². The van der Waals surface area contributed by atoms with Gasteiger partial charge in [-0.05, 0) is 55.4 Å². The van der Waals surface area contributed by atoms with Gasteiger partial charge in [0.05, 0.1) is 18.5 Å². The van der Waals surface area contributed by atoms with Crippen LogP contribution < -0.4 is 10.1 Å². The minimum absolute atomic E-state index is 0.0209. The number of carbonyl (C=O) groups is 1. The van der Waals surface area contributed by atoms with Gasteiger partial charge in [-0.15, -0.1) is 0 Å². The maximum atomic E-state index is 13.0. The average Bonchev–Trinajstić information content (AvgIpc) is 3.29. The zero-order valence-corrected chi connectivity index (χ0v) is 15.9. The number of aromatic nitrogens is 2. The molecule has 1 aromatic heterocycles. The van der Waals surface area contributed by atoms with E-state index in [0.29, 0.717) is 0 Å². The van der Waals surface area contributed by atoms with Crippen molar-refractivity contribution in [3.63, 3.8) is 0 Å². The van der Waals surface area contributed by atoms with E-state index in [-0.39, 0.29) is 17.7 Å². The summed E-state index contributed by atoms with van der Waals surface area (Å²) in [5, 5.41) is 7.99. The SMILES string of the molecule is COc1ccccc1[C@H]1C[C@H]1C(=O)Nc1c2c(nn1-c1ccccc1)CCC2. The summed E-state index contributed by atoms with van der Waals surface area (Å²) < 4.78 is 7.36. The van der Waals surface area contributed by atoms with Gasteiger partial charge in [-0.25, -0.2) is 4.68 Å². The van der Waals surface area contributed by atoms with E-state index in [1.54, 1.807) is 7.11 Å². The Morgan fingerprint density at radius 1 is 1.11 bits per heavy atom. The standard InChI is InChI=1S/C23H23N3O2/c1-28-21-13-6-5-10-16(21)18-14-19(18)23(27)24-22-17-11-7-12-20(17)25-26(22)15-8-3-2-4-9-15/h2-6,8-10,13,18-19H,7,11-12,14H2,1H3,(H,24,27)/t18-,19-/m1/s1. The average molecular weight is 373 g/mol. The van der Waals surface area contributed by atoms with Crippen LogP contribution in [0.4, 0.5) is 5.82 Å². The van der Waals surface area contributed by atoms with Crippen LogP contribution in [-0.4, -0.2) is 22.8 Å². The molecule has 0 spiro atoms. The van der Waals surface area contributed by atoms with Crippen LogP contribution in [-0.2, 0) is 17.6 Å². The lowest BCUT2D eigenvalue weighted by atomic mass is 10.1. The molecule has 1 saturated carbocycles. The fourth-order valence-corrected chi connectivity index (χ4v) is 4.29. The number of hydrogen-bond acceptors (Lipinski definition) is 3. The first kappa shape index (κ1) is 17.0. The second kappa shape index (κ2) is 6.82. The van der Waals surface area contributed by atoms with Crippen LogP contribution in [0.2, 0.25) is 0 Å². The van der Waals surface area contributed by atoms with Gasteiger partial charge in [0.15, 0.2) is 0 Å². The van der Waals surface area contributed by atoms with Gasteiger partial charge in [-0.2, -0.15) is 5.10 Å². The summed E-state index contributed by atoms with van der Waals surface area (Å²) in [6.07, 6.45) is 3.90. The number of aryl methyl sites for hydroxylation is 1. The number of nitrogens with zero attached hydrogens (tertiary/aromatic N) is 2. The molecule has 0 radical (unpaired) electrons. The van der Waals surface area contributed by atoms with Crippen LogP contribution in [0, 0.1) is 5.92 Å². The summed E-state index contributed by atoms with van der Waals surface area (Å²) in [7, 11) is 1.68. The van der Waals surface area contributed by atoms with Crippen LogP contribution in [0.5, 0.6) is 5.75 Å². The lowest BCUT2D eigenvalue weighted by molar-refractivity contribution is -0.117. The second-order valence-electron chi connectivity index (χ2n) is 7.55. The monoisotopic (exact) mass is 373 g/mol. The molecule has 142 valence electrons. The smallest absolute Gasteiger partial charge is 0.229 e. The van der Waals surface area contributed by atoms with Gasteiger partial charge in [0.2, 0.25) is 5.91 Å².